The van der Waals surface area contributed by atoms with Crippen LogP contribution < -0.4 is 0 Å². The number of fused-ring (bicyclic) bond motifs is 2. The third kappa shape index (κ3) is 2.70. The van der Waals surface area contributed by atoms with E-state index in [9.17, 15) is 0 Å². The lowest BCUT2D eigenvalue weighted by Gasteiger charge is -2.23. The Hall–Kier alpha value is -1.26. The molecule has 17 heavy (non-hydrogen) atoms. The summed E-state index contributed by atoms with van der Waals surface area (Å²) < 4.78 is 17.1. The standard InChI is InChI=1S/C14H16O3/c1-3-5-9-15-13-11-7-8-12(17-11)14(13)16-10-6-4-2/h7-8,11-14H,9-10H2,1-2H3/t11-,12+,13+,14-. The molecule has 3 heteroatoms. The van der Waals surface area contributed by atoms with Crippen LogP contribution in [0.15, 0.2) is 12.2 Å². The van der Waals surface area contributed by atoms with E-state index in [2.05, 4.69) is 23.7 Å². The van der Waals surface area contributed by atoms with E-state index >= 15 is 0 Å². The lowest BCUT2D eigenvalue weighted by Crippen LogP contribution is -2.39. The van der Waals surface area contributed by atoms with Crippen molar-refractivity contribution in [2.45, 2.75) is 38.3 Å². The Morgan fingerprint density at radius 1 is 0.941 bits per heavy atom. The SMILES string of the molecule is CC#CCO[C@@H]1[C@H](OCC#CC)[C@@H]2C=C[C@H]1O2. The quantitative estimate of drug-likeness (QED) is 0.537. The van der Waals surface area contributed by atoms with Gasteiger partial charge in [-0.25, -0.2) is 0 Å². The van der Waals surface area contributed by atoms with Gasteiger partial charge in [-0.15, -0.1) is 11.8 Å². The van der Waals surface area contributed by atoms with Crippen molar-refractivity contribution in [1.82, 2.24) is 0 Å². The first kappa shape index (κ1) is 12.2. The van der Waals surface area contributed by atoms with Gasteiger partial charge in [0.25, 0.3) is 0 Å². The van der Waals surface area contributed by atoms with E-state index in [1.54, 1.807) is 13.8 Å². The summed E-state index contributed by atoms with van der Waals surface area (Å²) in [7, 11) is 0. The van der Waals surface area contributed by atoms with Gasteiger partial charge in [-0.05, 0) is 13.8 Å². The summed E-state index contributed by atoms with van der Waals surface area (Å²) in [4.78, 5) is 0. The van der Waals surface area contributed by atoms with Gasteiger partial charge in [-0.3, -0.25) is 0 Å². The number of hydrogen-bond donors (Lipinski definition) is 0. The Labute approximate surface area is 102 Å². The molecular formula is C14H16O3. The summed E-state index contributed by atoms with van der Waals surface area (Å²) in [6.45, 7) is 4.43. The Morgan fingerprint density at radius 3 is 1.82 bits per heavy atom. The summed E-state index contributed by atoms with van der Waals surface area (Å²) in [5, 5.41) is 0. The molecule has 0 spiro atoms. The van der Waals surface area contributed by atoms with E-state index < -0.39 is 0 Å². The molecule has 0 saturated carbocycles. The van der Waals surface area contributed by atoms with Gasteiger partial charge in [0.2, 0.25) is 0 Å². The van der Waals surface area contributed by atoms with Crippen molar-refractivity contribution in [2.24, 2.45) is 0 Å². The molecule has 2 aliphatic heterocycles. The smallest absolute Gasteiger partial charge is 0.118 e. The zero-order valence-electron chi connectivity index (χ0n) is 10.1. The summed E-state index contributed by atoms with van der Waals surface area (Å²) in [6.07, 6.45) is 3.92. The van der Waals surface area contributed by atoms with Crippen LogP contribution in [0.2, 0.25) is 0 Å². The van der Waals surface area contributed by atoms with Crippen LogP contribution in [0.5, 0.6) is 0 Å². The van der Waals surface area contributed by atoms with Gasteiger partial charge in [0.1, 0.15) is 37.6 Å². The van der Waals surface area contributed by atoms with Crippen molar-refractivity contribution in [3.63, 3.8) is 0 Å². The van der Waals surface area contributed by atoms with E-state index in [-0.39, 0.29) is 24.4 Å². The molecule has 0 unspecified atom stereocenters. The Morgan fingerprint density at radius 2 is 1.41 bits per heavy atom. The maximum absolute atomic E-state index is 5.70. The van der Waals surface area contributed by atoms with E-state index in [1.165, 1.54) is 0 Å². The van der Waals surface area contributed by atoms with Crippen LogP contribution in [-0.4, -0.2) is 37.6 Å². The Balaban J connectivity index is 1.92. The fourth-order valence-electron chi connectivity index (χ4n) is 2.04. The molecule has 2 rings (SSSR count). The minimum absolute atomic E-state index is 0.00163. The van der Waals surface area contributed by atoms with Gasteiger partial charge in [0, 0.05) is 0 Å². The van der Waals surface area contributed by atoms with Gasteiger partial charge in [-0.1, -0.05) is 24.0 Å². The molecule has 90 valence electrons. The zero-order valence-corrected chi connectivity index (χ0v) is 10.1. The maximum atomic E-state index is 5.70. The van der Waals surface area contributed by atoms with Crippen molar-refractivity contribution in [1.29, 1.82) is 0 Å². The average molecular weight is 232 g/mol. The van der Waals surface area contributed by atoms with Gasteiger partial charge in [0.15, 0.2) is 0 Å². The van der Waals surface area contributed by atoms with Crippen LogP contribution in [-0.2, 0) is 14.2 Å². The highest BCUT2D eigenvalue weighted by Gasteiger charge is 2.47. The van der Waals surface area contributed by atoms with Crippen LogP contribution >= 0.6 is 0 Å². The summed E-state index contributed by atoms with van der Waals surface area (Å²) >= 11 is 0. The monoisotopic (exact) mass is 232 g/mol. The first-order chi connectivity index (χ1) is 8.36. The van der Waals surface area contributed by atoms with Crippen LogP contribution in [0.4, 0.5) is 0 Å². The lowest BCUT2D eigenvalue weighted by molar-refractivity contribution is -0.0427. The molecule has 1 fully saturated rings. The van der Waals surface area contributed by atoms with Crippen LogP contribution in [0, 0.1) is 23.7 Å². The molecule has 0 aromatic carbocycles. The molecule has 2 bridgehead atoms. The number of ether oxygens (including phenoxy) is 3. The van der Waals surface area contributed by atoms with Gasteiger partial charge in [-0.2, -0.15) is 0 Å². The highest BCUT2D eigenvalue weighted by molar-refractivity contribution is 5.17. The minimum atomic E-state index is -0.0653. The van der Waals surface area contributed by atoms with Crippen molar-refractivity contribution < 1.29 is 14.2 Å². The van der Waals surface area contributed by atoms with Crippen LogP contribution in [0.1, 0.15) is 13.8 Å². The minimum Gasteiger partial charge on any atom is -0.361 e. The third-order valence-corrected chi connectivity index (χ3v) is 2.83. The molecule has 4 atom stereocenters. The molecular weight excluding hydrogens is 216 g/mol. The maximum Gasteiger partial charge on any atom is 0.118 e. The molecule has 2 aliphatic rings. The molecule has 0 aliphatic carbocycles. The highest BCUT2D eigenvalue weighted by Crippen LogP contribution is 2.33. The summed E-state index contributed by atoms with van der Waals surface area (Å²) in [5.74, 6) is 11.4. The normalized spacial score (nSPS) is 32.8. The summed E-state index contributed by atoms with van der Waals surface area (Å²) in [6, 6.07) is 0. The van der Waals surface area contributed by atoms with Crippen molar-refractivity contribution in [2.75, 3.05) is 13.2 Å². The first-order valence-electron chi connectivity index (χ1n) is 5.73. The molecule has 0 aromatic heterocycles. The largest absolute Gasteiger partial charge is 0.361 e. The fraction of sp³-hybridized carbons (Fsp3) is 0.571. The summed E-state index contributed by atoms with van der Waals surface area (Å²) in [5.41, 5.74) is 0. The van der Waals surface area contributed by atoms with E-state index in [0.29, 0.717) is 13.2 Å². The molecule has 0 aromatic rings. The second-order valence-electron chi connectivity index (χ2n) is 3.86. The molecule has 1 saturated heterocycles. The van der Waals surface area contributed by atoms with Crippen molar-refractivity contribution >= 4 is 0 Å². The third-order valence-electron chi connectivity index (χ3n) is 2.83. The van der Waals surface area contributed by atoms with E-state index in [1.807, 2.05) is 12.2 Å². The number of rotatable bonds is 4. The predicted octanol–water partition coefficient (Wildman–Crippen LogP) is 1.14. The van der Waals surface area contributed by atoms with Gasteiger partial charge in [0.05, 0.1) is 0 Å². The van der Waals surface area contributed by atoms with E-state index in [0.717, 1.165) is 0 Å². The zero-order chi connectivity index (χ0) is 12.1. The second kappa shape index (κ2) is 5.89. The fourth-order valence-corrected chi connectivity index (χ4v) is 2.04. The molecule has 2 heterocycles. The first-order valence-corrected chi connectivity index (χ1v) is 5.73. The van der Waals surface area contributed by atoms with E-state index in [4.69, 9.17) is 14.2 Å². The molecule has 0 N–H and O–H groups in total. The lowest BCUT2D eigenvalue weighted by atomic mass is 10.0. The van der Waals surface area contributed by atoms with Crippen LogP contribution in [0.3, 0.4) is 0 Å². The van der Waals surface area contributed by atoms with Gasteiger partial charge < -0.3 is 14.2 Å². The van der Waals surface area contributed by atoms with Gasteiger partial charge >= 0.3 is 0 Å². The predicted molar refractivity (Wildman–Crippen MR) is 64.2 cm³/mol. The average Bonchev–Trinajstić information content (AvgIpc) is 2.92. The Bertz CT molecular complexity index is 367. The van der Waals surface area contributed by atoms with Crippen LogP contribution in [0.25, 0.3) is 0 Å². The highest BCUT2D eigenvalue weighted by atomic mass is 16.6. The molecule has 3 nitrogen and oxygen atoms in total. The topological polar surface area (TPSA) is 27.7 Å². The molecule has 0 radical (unpaired) electrons. The Kier molecular flexibility index (Phi) is 4.23. The molecule has 0 amide bonds. The number of hydrogen-bond acceptors (Lipinski definition) is 3. The second-order valence-corrected chi connectivity index (χ2v) is 3.86. The van der Waals surface area contributed by atoms with Crippen molar-refractivity contribution in [3.05, 3.63) is 12.2 Å². The van der Waals surface area contributed by atoms with Crippen molar-refractivity contribution in [3.8, 4) is 23.7 Å².